The van der Waals surface area contributed by atoms with E-state index < -0.39 is 5.66 Å². The first-order valence-electron chi connectivity index (χ1n) is 10.5. The van der Waals surface area contributed by atoms with Crippen LogP contribution in [0.15, 0.2) is 42.5 Å². The molecule has 2 aliphatic rings. The minimum Gasteiger partial charge on any atom is -0.493 e. The van der Waals surface area contributed by atoms with Gasteiger partial charge in [0.15, 0.2) is 11.5 Å². The summed E-state index contributed by atoms with van der Waals surface area (Å²) in [6, 6.07) is 12.4. The van der Waals surface area contributed by atoms with E-state index >= 15 is 0 Å². The Bertz CT molecular complexity index is 1010. The van der Waals surface area contributed by atoms with E-state index in [0.717, 1.165) is 23.4 Å². The number of ether oxygens (including phenoxy) is 2. The normalized spacial score (nSPS) is 21.5. The van der Waals surface area contributed by atoms with Gasteiger partial charge in [0, 0.05) is 11.1 Å². The van der Waals surface area contributed by atoms with E-state index in [1.165, 1.54) is 11.1 Å². The van der Waals surface area contributed by atoms with Crippen LogP contribution < -0.4 is 19.7 Å². The number of amides is 1. The summed E-state index contributed by atoms with van der Waals surface area (Å²) in [4.78, 5) is 14.7. The number of carbonyl (C=O) groups is 1. The summed E-state index contributed by atoms with van der Waals surface area (Å²) in [5, 5.41) is 3.27. The number of rotatable bonds is 6. The lowest BCUT2D eigenvalue weighted by Crippen LogP contribution is -2.58. The Morgan fingerprint density at radius 2 is 1.97 bits per heavy atom. The first-order valence-corrected chi connectivity index (χ1v) is 10.5. The van der Waals surface area contributed by atoms with Crippen LogP contribution in [0.4, 0.5) is 5.69 Å². The molecule has 0 radical (unpaired) electrons. The maximum absolute atomic E-state index is 12.5. The molecular weight excluding hydrogens is 376 g/mol. The van der Waals surface area contributed by atoms with Crippen molar-refractivity contribution in [3.8, 4) is 11.5 Å². The number of benzene rings is 2. The fraction of sp³-hybridized carbons (Fsp3) is 0.400. The molecule has 2 aromatic rings. The predicted molar refractivity (Wildman–Crippen MR) is 120 cm³/mol. The monoisotopic (exact) mass is 406 g/mol. The van der Waals surface area contributed by atoms with Crippen LogP contribution in [0.5, 0.6) is 11.5 Å². The van der Waals surface area contributed by atoms with Crippen LogP contribution in [0.2, 0.25) is 0 Å². The molecule has 2 heterocycles. The zero-order chi connectivity index (χ0) is 21.5. The summed E-state index contributed by atoms with van der Waals surface area (Å²) < 4.78 is 11.3. The van der Waals surface area contributed by atoms with Gasteiger partial charge in [-0.2, -0.15) is 0 Å². The first-order chi connectivity index (χ1) is 14.3. The number of aryl methyl sites for hydroxylation is 1. The molecule has 0 unspecified atom stereocenters. The Kier molecular flexibility index (Phi) is 5.00. The molecule has 0 aliphatic carbocycles. The second kappa shape index (κ2) is 7.38. The molecule has 5 heteroatoms. The van der Waals surface area contributed by atoms with Gasteiger partial charge in [0.2, 0.25) is 5.91 Å². The minimum absolute atomic E-state index is 0.0415. The molecule has 2 aromatic carbocycles. The van der Waals surface area contributed by atoms with Crippen molar-refractivity contribution in [3.05, 3.63) is 59.2 Å². The van der Waals surface area contributed by atoms with Crippen molar-refractivity contribution < 1.29 is 14.3 Å². The molecule has 1 fully saturated rings. The van der Waals surface area contributed by atoms with Gasteiger partial charge in [-0.1, -0.05) is 50.6 Å². The molecule has 4 rings (SSSR count). The first kappa shape index (κ1) is 20.3. The Hall–Kier alpha value is -2.95. The van der Waals surface area contributed by atoms with Gasteiger partial charge < -0.3 is 19.7 Å². The average Bonchev–Trinajstić information content (AvgIpc) is 3.15. The van der Waals surface area contributed by atoms with Crippen LogP contribution in [0.3, 0.4) is 0 Å². The molecule has 0 bridgehead atoms. The predicted octanol–water partition coefficient (Wildman–Crippen LogP) is 4.43. The van der Waals surface area contributed by atoms with Gasteiger partial charge in [-0.25, -0.2) is 0 Å². The number of methoxy groups -OCH3 is 1. The summed E-state index contributed by atoms with van der Waals surface area (Å²) in [5.74, 6) is 1.49. The number of hydrogen-bond donors (Lipinski definition) is 1. The van der Waals surface area contributed by atoms with E-state index in [4.69, 9.17) is 9.47 Å². The summed E-state index contributed by atoms with van der Waals surface area (Å²) in [5.41, 5.74) is 3.70. The SMILES string of the molecule is CCCOc1ccc(C=C[C@@]23NC(=O)CN2c2ccc(C)cc2C3(C)C)cc1OC. The van der Waals surface area contributed by atoms with Crippen LogP contribution in [0.25, 0.3) is 6.08 Å². The lowest BCUT2D eigenvalue weighted by Gasteiger charge is -2.40. The standard InChI is InChI=1S/C25H30N2O3/c1-6-13-30-21-10-8-18(15-22(21)29-5)11-12-25-24(3,4)19-14-17(2)7-9-20(19)27(25)16-23(28)26-25/h7-12,14-15H,6,13,16H2,1-5H3,(H,26,28)/t25-/m1/s1. The molecule has 0 saturated carbocycles. The number of nitrogens with zero attached hydrogens (tertiary/aromatic N) is 1. The summed E-state index contributed by atoms with van der Waals surface area (Å²) in [6.45, 7) is 9.59. The summed E-state index contributed by atoms with van der Waals surface area (Å²) in [6.07, 6.45) is 5.12. The molecule has 2 aliphatic heterocycles. The molecule has 158 valence electrons. The third-order valence-corrected chi connectivity index (χ3v) is 6.29. The molecule has 1 atom stereocenters. The Morgan fingerprint density at radius 1 is 1.17 bits per heavy atom. The summed E-state index contributed by atoms with van der Waals surface area (Å²) in [7, 11) is 1.65. The van der Waals surface area contributed by atoms with Crippen molar-refractivity contribution in [2.45, 2.75) is 45.2 Å². The van der Waals surface area contributed by atoms with Crippen LogP contribution in [-0.2, 0) is 10.2 Å². The number of fused-ring (bicyclic) bond motifs is 3. The number of nitrogens with one attached hydrogen (secondary N) is 1. The molecular formula is C25H30N2O3. The van der Waals surface area contributed by atoms with E-state index in [1.54, 1.807) is 7.11 Å². The second-order valence-electron chi connectivity index (χ2n) is 8.64. The van der Waals surface area contributed by atoms with E-state index in [0.29, 0.717) is 18.9 Å². The van der Waals surface area contributed by atoms with Crippen LogP contribution in [0, 0.1) is 6.92 Å². The third kappa shape index (κ3) is 3.04. The van der Waals surface area contributed by atoms with Crippen molar-refractivity contribution >= 4 is 17.7 Å². The van der Waals surface area contributed by atoms with E-state index in [-0.39, 0.29) is 11.3 Å². The van der Waals surface area contributed by atoms with E-state index in [2.05, 4.69) is 68.3 Å². The fourth-order valence-corrected chi connectivity index (χ4v) is 4.62. The molecule has 1 saturated heterocycles. The van der Waals surface area contributed by atoms with Crippen LogP contribution in [-0.4, -0.2) is 31.8 Å². The fourth-order valence-electron chi connectivity index (χ4n) is 4.62. The molecule has 5 nitrogen and oxygen atoms in total. The molecule has 0 spiro atoms. The molecule has 1 N–H and O–H groups in total. The zero-order valence-electron chi connectivity index (χ0n) is 18.4. The van der Waals surface area contributed by atoms with Crippen molar-refractivity contribution in [1.29, 1.82) is 0 Å². The largest absolute Gasteiger partial charge is 0.493 e. The van der Waals surface area contributed by atoms with Crippen molar-refractivity contribution in [3.63, 3.8) is 0 Å². The molecule has 0 aromatic heterocycles. The highest BCUT2D eigenvalue weighted by Crippen LogP contribution is 2.53. The number of hydrogen-bond acceptors (Lipinski definition) is 4. The highest BCUT2D eigenvalue weighted by Gasteiger charge is 2.59. The molecule has 30 heavy (non-hydrogen) atoms. The van der Waals surface area contributed by atoms with Gasteiger partial charge in [0.1, 0.15) is 5.66 Å². The lowest BCUT2D eigenvalue weighted by molar-refractivity contribution is -0.118. The average molecular weight is 407 g/mol. The van der Waals surface area contributed by atoms with Gasteiger partial charge in [-0.15, -0.1) is 0 Å². The van der Waals surface area contributed by atoms with Gasteiger partial charge >= 0.3 is 0 Å². The van der Waals surface area contributed by atoms with E-state index in [1.807, 2.05) is 18.2 Å². The van der Waals surface area contributed by atoms with Gasteiger partial charge in [0.25, 0.3) is 0 Å². The van der Waals surface area contributed by atoms with Crippen molar-refractivity contribution in [2.75, 3.05) is 25.2 Å². The highest BCUT2D eigenvalue weighted by molar-refractivity contribution is 5.91. The highest BCUT2D eigenvalue weighted by atomic mass is 16.5. The topological polar surface area (TPSA) is 50.8 Å². The van der Waals surface area contributed by atoms with Crippen molar-refractivity contribution in [2.24, 2.45) is 0 Å². The zero-order valence-corrected chi connectivity index (χ0v) is 18.4. The lowest BCUT2D eigenvalue weighted by atomic mass is 9.75. The van der Waals surface area contributed by atoms with Crippen LogP contribution in [0.1, 0.15) is 43.9 Å². The quantitative estimate of drug-likeness (QED) is 0.771. The third-order valence-electron chi connectivity index (χ3n) is 6.29. The summed E-state index contributed by atoms with van der Waals surface area (Å²) >= 11 is 0. The maximum Gasteiger partial charge on any atom is 0.241 e. The Morgan fingerprint density at radius 3 is 2.70 bits per heavy atom. The minimum atomic E-state index is -0.606. The molecule has 1 amide bonds. The van der Waals surface area contributed by atoms with Crippen molar-refractivity contribution in [1.82, 2.24) is 5.32 Å². The number of anilines is 1. The van der Waals surface area contributed by atoms with Gasteiger partial charge in [-0.05, 0) is 48.7 Å². The van der Waals surface area contributed by atoms with Crippen LogP contribution >= 0.6 is 0 Å². The van der Waals surface area contributed by atoms with Gasteiger partial charge in [0.05, 0.1) is 20.3 Å². The second-order valence-corrected chi connectivity index (χ2v) is 8.64. The van der Waals surface area contributed by atoms with E-state index in [9.17, 15) is 4.79 Å². The smallest absolute Gasteiger partial charge is 0.241 e. The Balaban J connectivity index is 1.72. The Labute approximate surface area is 178 Å². The maximum atomic E-state index is 12.5. The van der Waals surface area contributed by atoms with Gasteiger partial charge in [-0.3, -0.25) is 4.79 Å². The number of carbonyl (C=O) groups excluding carboxylic acids is 1.